The van der Waals surface area contributed by atoms with E-state index in [0.717, 1.165) is 10.6 Å². The third-order valence-electron chi connectivity index (χ3n) is 2.38. The highest BCUT2D eigenvalue weighted by Gasteiger charge is 2.10. The number of benzene rings is 1. The van der Waals surface area contributed by atoms with E-state index in [0.29, 0.717) is 0 Å². The molecule has 0 fully saturated rings. The number of halogens is 2. The van der Waals surface area contributed by atoms with Gasteiger partial charge in [0.2, 0.25) is 0 Å². The Balaban J connectivity index is 2.83. The summed E-state index contributed by atoms with van der Waals surface area (Å²) in [6.45, 7) is 1.49. The summed E-state index contributed by atoms with van der Waals surface area (Å²) in [4.78, 5) is 25.6. The molecule has 17 heavy (non-hydrogen) atoms. The molecule has 4 nitrogen and oxygen atoms in total. The van der Waals surface area contributed by atoms with Gasteiger partial charge in [0.05, 0.1) is 5.69 Å². The number of nitrogens with one attached hydrogen (secondary N) is 1. The van der Waals surface area contributed by atoms with Crippen LogP contribution in [0, 0.1) is 12.7 Å². The molecule has 0 amide bonds. The van der Waals surface area contributed by atoms with Crippen molar-refractivity contribution >= 4 is 11.6 Å². The van der Waals surface area contributed by atoms with Crippen LogP contribution in [0.15, 0.2) is 33.9 Å². The molecule has 2 aromatic rings. The molecule has 0 bridgehead atoms. The van der Waals surface area contributed by atoms with E-state index in [1.165, 1.54) is 25.1 Å². The van der Waals surface area contributed by atoms with Crippen LogP contribution in [-0.4, -0.2) is 9.55 Å². The first-order valence-electron chi connectivity index (χ1n) is 4.78. The number of hydrogen-bond acceptors (Lipinski definition) is 2. The van der Waals surface area contributed by atoms with Crippen LogP contribution >= 0.6 is 11.6 Å². The predicted octanol–water partition coefficient (Wildman–Crippen LogP) is 1.63. The van der Waals surface area contributed by atoms with Gasteiger partial charge in [0.1, 0.15) is 11.0 Å². The largest absolute Gasteiger partial charge is 0.334 e. The predicted molar refractivity (Wildman–Crippen MR) is 62.4 cm³/mol. The fourth-order valence-corrected chi connectivity index (χ4v) is 1.71. The molecule has 0 saturated carbocycles. The summed E-state index contributed by atoms with van der Waals surface area (Å²) in [6, 6.07) is 5.24. The van der Waals surface area contributed by atoms with Gasteiger partial charge >= 0.3 is 5.69 Å². The smallest absolute Gasteiger partial charge is 0.297 e. The molecule has 0 radical (unpaired) electrons. The van der Waals surface area contributed by atoms with Crippen molar-refractivity contribution in [2.45, 2.75) is 6.92 Å². The van der Waals surface area contributed by atoms with E-state index >= 15 is 0 Å². The minimum Gasteiger partial charge on any atom is -0.297 e. The Bertz CT molecular complexity index is 659. The van der Waals surface area contributed by atoms with Crippen LogP contribution in [0.5, 0.6) is 0 Å². The lowest BCUT2D eigenvalue weighted by atomic mass is 10.2. The van der Waals surface area contributed by atoms with E-state index < -0.39 is 17.1 Å². The summed E-state index contributed by atoms with van der Waals surface area (Å²) in [7, 11) is 0. The van der Waals surface area contributed by atoms with E-state index in [4.69, 9.17) is 11.6 Å². The van der Waals surface area contributed by atoms with E-state index in [2.05, 4.69) is 4.98 Å². The van der Waals surface area contributed by atoms with Crippen LogP contribution < -0.4 is 11.2 Å². The summed E-state index contributed by atoms with van der Waals surface area (Å²) in [6.07, 6.45) is 0. The number of aromatic amines is 1. The molecule has 1 aromatic heterocycles. The van der Waals surface area contributed by atoms with Gasteiger partial charge in [-0.1, -0.05) is 17.7 Å². The molecule has 0 aliphatic rings. The molecule has 0 saturated heterocycles. The maximum Gasteiger partial charge on any atom is 0.334 e. The molecule has 0 spiro atoms. The highest BCUT2D eigenvalue weighted by Crippen LogP contribution is 2.13. The molecule has 0 atom stereocenters. The number of aromatic nitrogens is 2. The standard InChI is InChI=1S/C11H8ClFN2O2/c1-6-7(13)3-2-4-8(6)15-10(16)5-9(12)14-11(15)17/h2-5H,1H3,(H,14,17). The molecule has 88 valence electrons. The Hall–Kier alpha value is -1.88. The van der Waals surface area contributed by atoms with Crippen LogP contribution in [-0.2, 0) is 0 Å². The third-order valence-corrected chi connectivity index (χ3v) is 2.58. The lowest BCUT2D eigenvalue weighted by Gasteiger charge is -2.08. The van der Waals surface area contributed by atoms with Gasteiger partial charge in [-0.25, -0.2) is 13.8 Å². The second-order valence-corrected chi connectivity index (χ2v) is 3.89. The monoisotopic (exact) mass is 254 g/mol. The molecule has 2 rings (SSSR count). The van der Waals surface area contributed by atoms with Crippen molar-refractivity contribution in [1.82, 2.24) is 9.55 Å². The molecular formula is C11H8ClFN2O2. The van der Waals surface area contributed by atoms with Gasteiger partial charge in [0.25, 0.3) is 5.56 Å². The number of nitrogens with zero attached hydrogens (tertiary/aromatic N) is 1. The SMILES string of the molecule is Cc1c(F)cccc1-n1c(=O)cc(Cl)[nH]c1=O. The second-order valence-electron chi connectivity index (χ2n) is 3.48. The van der Waals surface area contributed by atoms with Gasteiger partial charge < -0.3 is 0 Å². The highest BCUT2D eigenvalue weighted by atomic mass is 35.5. The van der Waals surface area contributed by atoms with E-state index in [9.17, 15) is 14.0 Å². The Morgan fingerprint density at radius 1 is 1.35 bits per heavy atom. The molecule has 1 N–H and O–H groups in total. The van der Waals surface area contributed by atoms with Crippen molar-refractivity contribution in [1.29, 1.82) is 0 Å². The van der Waals surface area contributed by atoms with E-state index in [1.807, 2.05) is 0 Å². The summed E-state index contributed by atoms with van der Waals surface area (Å²) >= 11 is 5.54. The Morgan fingerprint density at radius 3 is 2.71 bits per heavy atom. The van der Waals surface area contributed by atoms with Gasteiger partial charge in [-0.3, -0.25) is 9.78 Å². The molecular weight excluding hydrogens is 247 g/mol. The van der Waals surface area contributed by atoms with Crippen molar-refractivity contribution in [3.05, 3.63) is 61.6 Å². The van der Waals surface area contributed by atoms with Crippen LogP contribution in [0.2, 0.25) is 5.15 Å². The molecule has 1 aromatic carbocycles. The zero-order valence-corrected chi connectivity index (χ0v) is 9.58. The summed E-state index contributed by atoms with van der Waals surface area (Å²) in [5, 5.41) is -0.0506. The minimum absolute atomic E-state index is 0.0506. The maximum absolute atomic E-state index is 13.4. The van der Waals surface area contributed by atoms with E-state index in [-0.39, 0.29) is 16.4 Å². The van der Waals surface area contributed by atoms with Crippen molar-refractivity contribution in [2.75, 3.05) is 0 Å². The molecule has 0 aliphatic carbocycles. The number of H-pyrrole nitrogens is 1. The summed E-state index contributed by atoms with van der Waals surface area (Å²) in [5.41, 5.74) is -0.876. The minimum atomic E-state index is -0.698. The van der Waals surface area contributed by atoms with Crippen LogP contribution in [0.4, 0.5) is 4.39 Å². The first-order valence-corrected chi connectivity index (χ1v) is 5.16. The zero-order chi connectivity index (χ0) is 12.6. The molecule has 0 aliphatic heterocycles. The van der Waals surface area contributed by atoms with E-state index in [1.54, 1.807) is 0 Å². The zero-order valence-electron chi connectivity index (χ0n) is 8.83. The molecule has 0 unspecified atom stereocenters. The third kappa shape index (κ3) is 2.01. The Kier molecular flexibility index (Phi) is 2.85. The fraction of sp³-hybridized carbons (Fsp3) is 0.0909. The van der Waals surface area contributed by atoms with Crippen molar-refractivity contribution in [3.63, 3.8) is 0 Å². The number of hydrogen-bond donors (Lipinski definition) is 1. The lowest BCUT2D eigenvalue weighted by molar-refractivity contribution is 0.616. The van der Waals surface area contributed by atoms with Crippen molar-refractivity contribution in [2.24, 2.45) is 0 Å². The number of rotatable bonds is 1. The quantitative estimate of drug-likeness (QED) is 0.787. The lowest BCUT2D eigenvalue weighted by Crippen LogP contribution is -2.33. The Morgan fingerprint density at radius 2 is 2.06 bits per heavy atom. The normalized spacial score (nSPS) is 10.5. The maximum atomic E-state index is 13.4. The highest BCUT2D eigenvalue weighted by molar-refractivity contribution is 6.29. The van der Waals surface area contributed by atoms with Crippen LogP contribution in [0.1, 0.15) is 5.56 Å². The molecule has 6 heteroatoms. The van der Waals surface area contributed by atoms with Crippen molar-refractivity contribution < 1.29 is 4.39 Å². The van der Waals surface area contributed by atoms with Gasteiger partial charge in [0, 0.05) is 11.6 Å². The summed E-state index contributed by atoms with van der Waals surface area (Å²) in [5.74, 6) is -0.483. The fourth-order valence-electron chi connectivity index (χ4n) is 1.53. The topological polar surface area (TPSA) is 54.9 Å². The molecule has 1 heterocycles. The van der Waals surface area contributed by atoms with Crippen LogP contribution in [0.3, 0.4) is 0 Å². The van der Waals surface area contributed by atoms with Gasteiger partial charge in [0.15, 0.2) is 0 Å². The first kappa shape index (κ1) is 11.6. The average molecular weight is 255 g/mol. The summed E-state index contributed by atoms with van der Waals surface area (Å²) < 4.78 is 14.2. The van der Waals surface area contributed by atoms with Gasteiger partial charge in [-0.2, -0.15) is 0 Å². The average Bonchev–Trinajstić information content (AvgIpc) is 2.23. The van der Waals surface area contributed by atoms with Gasteiger partial charge in [-0.05, 0) is 19.1 Å². The second kappa shape index (κ2) is 4.18. The Labute approximate surface area is 100 Å². The van der Waals surface area contributed by atoms with Crippen LogP contribution in [0.25, 0.3) is 5.69 Å². The van der Waals surface area contributed by atoms with Gasteiger partial charge in [-0.15, -0.1) is 0 Å². The van der Waals surface area contributed by atoms with Crippen molar-refractivity contribution in [3.8, 4) is 5.69 Å². The first-order chi connectivity index (χ1) is 8.00.